The molecule has 2 heteroatoms. The molecule has 0 amide bonds. The fourth-order valence-corrected chi connectivity index (χ4v) is 2.89. The Labute approximate surface area is 109 Å². The van der Waals surface area contributed by atoms with E-state index in [1.807, 2.05) is 11.8 Å². The molecule has 1 N–H and O–H groups in total. The van der Waals surface area contributed by atoms with Crippen LogP contribution in [0.15, 0.2) is 30.3 Å². The van der Waals surface area contributed by atoms with Crippen LogP contribution in [0.1, 0.15) is 32.3 Å². The quantitative estimate of drug-likeness (QED) is 0.828. The van der Waals surface area contributed by atoms with Gasteiger partial charge in [-0.2, -0.15) is 11.8 Å². The lowest BCUT2D eigenvalue weighted by molar-refractivity contribution is 0.384. The molecule has 0 saturated heterocycles. The molecule has 1 fully saturated rings. The molecule has 1 aromatic rings. The molecule has 0 spiro atoms. The van der Waals surface area contributed by atoms with Gasteiger partial charge in [0.1, 0.15) is 0 Å². The van der Waals surface area contributed by atoms with Gasteiger partial charge in [-0.1, -0.05) is 30.3 Å². The first kappa shape index (κ1) is 13.0. The highest BCUT2D eigenvalue weighted by molar-refractivity contribution is 8.00. The Kier molecular flexibility index (Phi) is 3.84. The molecule has 0 bridgehead atoms. The highest BCUT2D eigenvalue weighted by Crippen LogP contribution is 2.46. The molecule has 0 unspecified atom stereocenters. The predicted molar refractivity (Wildman–Crippen MR) is 77.7 cm³/mol. The summed E-state index contributed by atoms with van der Waals surface area (Å²) in [6.07, 6.45) is 6.09. The lowest BCUT2D eigenvalue weighted by Crippen LogP contribution is -2.45. The van der Waals surface area contributed by atoms with Crippen LogP contribution >= 0.6 is 11.8 Å². The molecule has 0 heterocycles. The van der Waals surface area contributed by atoms with Crippen LogP contribution in [0.5, 0.6) is 0 Å². The maximum atomic E-state index is 3.74. The highest BCUT2D eigenvalue weighted by Gasteiger charge is 2.42. The van der Waals surface area contributed by atoms with Gasteiger partial charge < -0.3 is 5.32 Å². The highest BCUT2D eigenvalue weighted by atomic mass is 32.2. The van der Waals surface area contributed by atoms with Crippen LogP contribution in [0.2, 0.25) is 0 Å². The summed E-state index contributed by atoms with van der Waals surface area (Å²) in [5, 5.41) is 3.74. The molecule has 1 nitrogen and oxygen atoms in total. The number of hydrogen-bond acceptors (Lipinski definition) is 2. The fourth-order valence-electron chi connectivity index (χ4n) is 2.16. The monoisotopic (exact) mass is 249 g/mol. The molecule has 0 aliphatic heterocycles. The zero-order valence-corrected chi connectivity index (χ0v) is 11.9. The number of hydrogen-bond donors (Lipinski definition) is 1. The van der Waals surface area contributed by atoms with Gasteiger partial charge >= 0.3 is 0 Å². The zero-order valence-electron chi connectivity index (χ0n) is 11.1. The smallest absolute Gasteiger partial charge is 0.0282 e. The minimum absolute atomic E-state index is 0.187. The van der Waals surface area contributed by atoms with E-state index < -0.39 is 0 Å². The SMILES string of the molecule is CSC1(CNC(C)(C)Cc2ccccc2)CC1. The summed E-state index contributed by atoms with van der Waals surface area (Å²) in [6.45, 7) is 5.75. The standard InChI is InChI=1S/C15H23NS/c1-14(2,11-13-7-5-4-6-8-13)16-12-15(17-3)9-10-15/h4-8,16H,9-12H2,1-3H3. The van der Waals surface area contributed by atoms with Crippen LogP contribution < -0.4 is 5.32 Å². The van der Waals surface area contributed by atoms with Crippen LogP contribution in [0.3, 0.4) is 0 Å². The van der Waals surface area contributed by atoms with Gasteiger partial charge in [0, 0.05) is 16.8 Å². The van der Waals surface area contributed by atoms with Crippen LogP contribution in [0, 0.1) is 0 Å². The summed E-state index contributed by atoms with van der Waals surface area (Å²) in [7, 11) is 0. The first-order chi connectivity index (χ1) is 8.05. The predicted octanol–water partition coefficient (Wildman–Crippen LogP) is 3.49. The van der Waals surface area contributed by atoms with Crippen molar-refractivity contribution in [2.45, 2.75) is 43.4 Å². The lowest BCUT2D eigenvalue weighted by Gasteiger charge is -2.29. The van der Waals surface area contributed by atoms with Gasteiger partial charge in [0.15, 0.2) is 0 Å². The van der Waals surface area contributed by atoms with E-state index in [0.717, 1.165) is 13.0 Å². The van der Waals surface area contributed by atoms with Gasteiger partial charge in [-0.15, -0.1) is 0 Å². The van der Waals surface area contributed by atoms with Gasteiger partial charge in [0.25, 0.3) is 0 Å². The second kappa shape index (κ2) is 5.03. The van der Waals surface area contributed by atoms with Gasteiger partial charge in [0.2, 0.25) is 0 Å². The Hall–Kier alpha value is -0.470. The third-order valence-electron chi connectivity index (χ3n) is 3.62. The molecule has 2 rings (SSSR count). The summed E-state index contributed by atoms with van der Waals surface area (Å²) in [6, 6.07) is 10.7. The first-order valence-electron chi connectivity index (χ1n) is 6.39. The molecule has 1 saturated carbocycles. The Morgan fingerprint density at radius 2 is 1.88 bits per heavy atom. The number of rotatable bonds is 6. The van der Waals surface area contributed by atoms with E-state index in [9.17, 15) is 0 Å². The summed E-state index contributed by atoms with van der Waals surface area (Å²) >= 11 is 2.02. The zero-order chi connectivity index (χ0) is 12.4. The van der Waals surface area contributed by atoms with E-state index in [-0.39, 0.29) is 5.54 Å². The third kappa shape index (κ3) is 3.75. The van der Waals surface area contributed by atoms with E-state index >= 15 is 0 Å². The largest absolute Gasteiger partial charge is 0.310 e. The molecular formula is C15H23NS. The molecule has 17 heavy (non-hydrogen) atoms. The average Bonchev–Trinajstić information content (AvgIpc) is 3.08. The van der Waals surface area contributed by atoms with E-state index in [1.54, 1.807) is 0 Å². The summed E-state index contributed by atoms with van der Waals surface area (Å²) in [5.74, 6) is 0. The molecule has 0 atom stereocenters. The average molecular weight is 249 g/mol. The second-order valence-electron chi connectivity index (χ2n) is 5.79. The maximum absolute atomic E-state index is 3.74. The van der Waals surface area contributed by atoms with E-state index in [4.69, 9.17) is 0 Å². The minimum Gasteiger partial charge on any atom is -0.310 e. The molecule has 94 valence electrons. The Morgan fingerprint density at radius 3 is 2.41 bits per heavy atom. The molecular weight excluding hydrogens is 226 g/mol. The molecule has 0 aromatic heterocycles. The maximum Gasteiger partial charge on any atom is 0.0282 e. The van der Waals surface area contributed by atoms with Crippen molar-refractivity contribution in [1.82, 2.24) is 5.32 Å². The van der Waals surface area contributed by atoms with Gasteiger partial charge in [0.05, 0.1) is 0 Å². The fraction of sp³-hybridized carbons (Fsp3) is 0.600. The van der Waals surface area contributed by atoms with Crippen molar-refractivity contribution in [2.75, 3.05) is 12.8 Å². The minimum atomic E-state index is 0.187. The van der Waals surface area contributed by atoms with E-state index in [1.165, 1.54) is 18.4 Å². The van der Waals surface area contributed by atoms with Crippen molar-refractivity contribution in [3.8, 4) is 0 Å². The number of benzene rings is 1. The van der Waals surface area contributed by atoms with Crippen molar-refractivity contribution in [2.24, 2.45) is 0 Å². The van der Waals surface area contributed by atoms with Crippen molar-refractivity contribution in [3.63, 3.8) is 0 Å². The number of thioether (sulfide) groups is 1. The molecule has 0 radical (unpaired) electrons. The lowest BCUT2D eigenvalue weighted by atomic mass is 9.95. The summed E-state index contributed by atoms with van der Waals surface area (Å²) < 4.78 is 0.550. The van der Waals surface area contributed by atoms with E-state index in [2.05, 4.69) is 55.8 Å². The third-order valence-corrected chi connectivity index (χ3v) is 5.04. The topological polar surface area (TPSA) is 12.0 Å². The Balaban J connectivity index is 1.86. The van der Waals surface area contributed by atoms with Crippen LogP contribution in [-0.2, 0) is 6.42 Å². The molecule has 1 aliphatic carbocycles. The summed E-state index contributed by atoms with van der Waals surface area (Å²) in [5.41, 5.74) is 1.60. The Morgan fingerprint density at radius 1 is 1.24 bits per heavy atom. The second-order valence-corrected chi connectivity index (χ2v) is 7.06. The van der Waals surface area contributed by atoms with Crippen molar-refractivity contribution in [1.29, 1.82) is 0 Å². The number of nitrogens with one attached hydrogen (secondary N) is 1. The van der Waals surface area contributed by atoms with E-state index in [0.29, 0.717) is 4.75 Å². The van der Waals surface area contributed by atoms with Crippen molar-refractivity contribution >= 4 is 11.8 Å². The van der Waals surface area contributed by atoms with Crippen LogP contribution in [0.25, 0.3) is 0 Å². The molecule has 1 aliphatic rings. The van der Waals surface area contributed by atoms with Crippen LogP contribution in [-0.4, -0.2) is 23.1 Å². The van der Waals surface area contributed by atoms with Gasteiger partial charge in [-0.05, 0) is 44.9 Å². The van der Waals surface area contributed by atoms with Crippen molar-refractivity contribution in [3.05, 3.63) is 35.9 Å². The molecule has 1 aromatic carbocycles. The first-order valence-corrected chi connectivity index (χ1v) is 7.62. The van der Waals surface area contributed by atoms with Crippen molar-refractivity contribution < 1.29 is 0 Å². The normalized spacial score (nSPS) is 18.1. The van der Waals surface area contributed by atoms with Crippen LogP contribution in [0.4, 0.5) is 0 Å². The summed E-state index contributed by atoms with van der Waals surface area (Å²) in [4.78, 5) is 0. The van der Waals surface area contributed by atoms with Gasteiger partial charge in [-0.25, -0.2) is 0 Å². The van der Waals surface area contributed by atoms with Gasteiger partial charge in [-0.3, -0.25) is 0 Å². The Bertz CT molecular complexity index is 354.